The monoisotopic (exact) mass is 266 g/mol. The van der Waals surface area contributed by atoms with E-state index in [1.807, 2.05) is 20.8 Å². The Bertz CT molecular complexity index is 496. The van der Waals surface area contributed by atoms with Crippen molar-refractivity contribution in [1.29, 1.82) is 0 Å². The van der Waals surface area contributed by atoms with Gasteiger partial charge in [0.25, 0.3) is 0 Å². The summed E-state index contributed by atoms with van der Waals surface area (Å²) in [5, 5.41) is 20.2. The Morgan fingerprint density at radius 1 is 1.53 bits per heavy atom. The Hall–Kier alpha value is -1.13. The van der Waals surface area contributed by atoms with E-state index in [-0.39, 0.29) is 11.7 Å². The summed E-state index contributed by atoms with van der Waals surface area (Å²) in [6, 6.07) is 0. The van der Waals surface area contributed by atoms with E-state index in [1.54, 1.807) is 6.92 Å². The quantitative estimate of drug-likeness (QED) is 0.825. The van der Waals surface area contributed by atoms with Crippen LogP contribution >= 0.6 is 0 Å². The maximum Gasteiger partial charge on any atom is 0.198 e. The molecule has 0 radical (unpaired) electrons. The summed E-state index contributed by atoms with van der Waals surface area (Å²) < 4.78 is 5.59. The fraction of sp³-hybridized carbons (Fsp3) is 0.667. The molecule has 19 heavy (non-hydrogen) atoms. The van der Waals surface area contributed by atoms with Crippen molar-refractivity contribution < 1.29 is 19.4 Å². The first kappa shape index (κ1) is 14.3. The van der Waals surface area contributed by atoms with Crippen molar-refractivity contribution in [2.24, 2.45) is 5.92 Å². The molecule has 4 nitrogen and oxygen atoms in total. The number of aliphatic hydroxyl groups is 2. The highest BCUT2D eigenvalue weighted by Gasteiger charge is 2.41. The summed E-state index contributed by atoms with van der Waals surface area (Å²) in [5.41, 5.74) is 0.511. The summed E-state index contributed by atoms with van der Waals surface area (Å²) in [5.74, 6) is 0.937. The molecule has 1 aromatic rings. The van der Waals surface area contributed by atoms with E-state index in [9.17, 15) is 15.0 Å². The Morgan fingerprint density at radius 3 is 2.74 bits per heavy atom. The second kappa shape index (κ2) is 4.76. The van der Waals surface area contributed by atoms with Crippen LogP contribution in [0.4, 0.5) is 0 Å². The largest absolute Gasteiger partial charge is 0.455 e. The molecule has 106 valence electrons. The fourth-order valence-electron chi connectivity index (χ4n) is 2.63. The number of hydrogen-bond acceptors (Lipinski definition) is 4. The predicted molar refractivity (Wildman–Crippen MR) is 71.1 cm³/mol. The molecular formula is C15H22O4. The average molecular weight is 266 g/mol. The van der Waals surface area contributed by atoms with E-state index in [4.69, 9.17) is 4.42 Å². The highest BCUT2D eigenvalue weighted by atomic mass is 16.4. The van der Waals surface area contributed by atoms with E-state index in [2.05, 4.69) is 0 Å². The second-order valence-corrected chi connectivity index (χ2v) is 6.18. The zero-order valence-corrected chi connectivity index (χ0v) is 12.0. The van der Waals surface area contributed by atoms with Gasteiger partial charge in [-0.3, -0.25) is 4.79 Å². The van der Waals surface area contributed by atoms with Crippen molar-refractivity contribution >= 4 is 5.78 Å². The molecule has 2 atom stereocenters. The summed E-state index contributed by atoms with van der Waals surface area (Å²) in [7, 11) is 0. The summed E-state index contributed by atoms with van der Waals surface area (Å²) in [4.78, 5) is 12.1. The van der Waals surface area contributed by atoms with E-state index in [0.717, 1.165) is 11.1 Å². The standard InChI is InChI=1S/C15H22O4/c1-8(2)7-11(16)12-9(3)10-5-6-15(4,18)14(17)13(10)19-12/h8,14,17-18H,5-7H2,1-4H3/t14-,15+/m1/s1. The highest BCUT2D eigenvalue weighted by molar-refractivity contribution is 5.95. The lowest BCUT2D eigenvalue weighted by Crippen LogP contribution is -2.36. The van der Waals surface area contributed by atoms with Crippen molar-refractivity contribution in [3.8, 4) is 0 Å². The molecule has 1 heterocycles. The van der Waals surface area contributed by atoms with Crippen LogP contribution in [0.5, 0.6) is 0 Å². The van der Waals surface area contributed by atoms with Gasteiger partial charge >= 0.3 is 0 Å². The third kappa shape index (κ3) is 2.47. The van der Waals surface area contributed by atoms with Crippen LogP contribution in [0.15, 0.2) is 4.42 Å². The lowest BCUT2D eigenvalue weighted by molar-refractivity contribution is -0.0848. The molecule has 0 bridgehead atoms. The van der Waals surface area contributed by atoms with Gasteiger partial charge in [-0.15, -0.1) is 0 Å². The molecule has 2 rings (SSSR count). The van der Waals surface area contributed by atoms with Crippen molar-refractivity contribution in [1.82, 2.24) is 0 Å². The summed E-state index contributed by atoms with van der Waals surface area (Å²) in [6.07, 6.45) is 0.471. The zero-order valence-electron chi connectivity index (χ0n) is 12.0. The predicted octanol–water partition coefficient (Wildman–Crippen LogP) is 2.55. The number of Topliss-reactive ketones (excluding diaryl/α,β-unsaturated/α-hetero) is 1. The van der Waals surface area contributed by atoms with Gasteiger partial charge in [0.05, 0.1) is 5.60 Å². The molecule has 0 fully saturated rings. The summed E-state index contributed by atoms with van der Waals surface area (Å²) in [6.45, 7) is 7.40. The first-order valence-corrected chi connectivity index (χ1v) is 6.80. The minimum Gasteiger partial charge on any atom is -0.455 e. The second-order valence-electron chi connectivity index (χ2n) is 6.18. The third-order valence-corrected chi connectivity index (χ3v) is 3.87. The van der Waals surface area contributed by atoms with E-state index in [0.29, 0.717) is 30.8 Å². The fourth-order valence-corrected chi connectivity index (χ4v) is 2.63. The van der Waals surface area contributed by atoms with Gasteiger partial charge in [0.1, 0.15) is 11.9 Å². The molecule has 0 saturated carbocycles. The molecular weight excluding hydrogens is 244 g/mol. The number of carbonyl (C=O) groups excluding carboxylic acids is 1. The molecule has 4 heteroatoms. The molecule has 0 saturated heterocycles. The Kier molecular flexibility index (Phi) is 3.58. The molecule has 0 aliphatic heterocycles. The van der Waals surface area contributed by atoms with Gasteiger partial charge in [-0.2, -0.15) is 0 Å². The van der Waals surface area contributed by atoms with Crippen LogP contribution in [-0.4, -0.2) is 21.6 Å². The van der Waals surface area contributed by atoms with Crippen LogP contribution in [0.25, 0.3) is 0 Å². The molecule has 1 aromatic heterocycles. The number of carbonyl (C=O) groups is 1. The maximum absolute atomic E-state index is 12.1. The number of furan rings is 1. The van der Waals surface area contributed by atoms with Gasteiger partial charge in [0, 0.05) is 17.5 Å². The molecule has 0 amide bonds. The smallest absolute Gasteiger partial charge is 0.198 e. The molecule has 0 aromatic carbocycles. The van der Waals surface area contributed by atoms with Crippen molar-refractivity contribution in [2.45, 2.75) is 58.7 Å². The molecule has 0 unspecified atom stereocenters. The first-order chi connectivity index (χ1) is 8.74. The lowest BCUT2D eigenvalue weighted by atomic mass is 9.82. The van der Waals surface area contributed by atoms with Gasteiger partial charge < -0.3 is 14.6 Å². The van der Waals surface area contributed by atoms with Crippen molar-refractivity contribution in [2.75, 3.05) is 0 Å². The van der Waals surface area contributed by atoms with Crippen LogP contribution in [0.1, 0.15) is 67.2 Å². The van der Waals surface area contributed by atoms with Gasteiger partial charge in [0.15, 0.2) is 11.5 Å². The molecule has 2 N–H and O–H groups in total. The number of aliphatic hydroxyl groups excluding tert-OH is 1. The zero-order chi connectivity index (χ0) is 14.4. The van der Waals surface area contributed by atoms with E-state index >= 15 is 0 Å². The first-order valence-electron chi connectivity index (χ1n) is 6.80. The lowest BCUT2D eigenvalue weighted by Gasteiger charge is -2.32. The molecule has 1 aliphatic rings. The minimum absolute atomic E-state index is 0.0336. The number of hydrogen-bond donors (Lipinski definition) is 2. The van der Waals surface area contributed by atoms with E-state index < -0.39 is 11.7 Å². The Labute approximate surface area is 113 Å². The maximum atomic E-state index is 12.1. The SMILES string of the molecule is Cc1c(C(=O)CC(C)C)oc2c1CC[C@](C)(O)[C@@H]2O. The summed E-state index contributed by atoms with van der Waals surface area (Å²) >= 11 is 0. The van der Waals surface area contributed by atoms with Gasteiger partial charge in [-0.1, -0.05) is 13.8 Å². The van der Waals surface area contributed by atoms with Crippen molar-refractivity contribution in [3.05, 3.63) is 22.6 Å². The Balaban J connectivity index is 2.39. The number of fused-ring (bicyclic) bond motifs is 1. The van der Waals surface area contributed by atoms with Gasteiger partial charge in [0.2, 0.25) is 0 Å². The van der Waals surface area contributed by atoms with Crippen LogP contribution in [0.3, 0.4) is 0 Å². The van der Waals surface area contributed by atoms with Crippen LogP contribution in [0, 0.1) is 12.8 Å². The topological polar surface area (TPSA) is 70.7 Å². The van der Waals surface area contributed by atoms with Gasteiger partial charge in [-0.05, 0) is 32.6 Å². The number of rotatable bonds is 3. The molecule has 1 aliphatic carbocycles. The van der Waals surface area contributed by atoms with Crippen molar-refractivity contribution in [3.63, 3.8) is 0 Å². The van der Waals surface area contributed by atoms with E-state index in [1.165, 1.54) is 0 Å². The normalized spacial score (nSPS) is 26.6. The van der Waals surface area contributed by atoms with Gasteiger partial charge in [-0.25, -0.2) is 0 Å². The van der Waals surface area contributed by atoms with Crippen LogP contribution in [0.2, 0.25) is 0 Å². The number of ketones is 1. The van der Waals surface area contributed by atoms with Crippen LogP contribution < -0.4 is 0 Å². The van der Waals surface area contributed by atoms with Crippen LogP contribution in [-0.2, 0) is 6.42 Å². The molecule has 0 spiro atoms. The third-order valence-electron chi connectivity index (χ3n) is 3.87. The minimum atomic E-state index is -1.18. The average Bonchev–Trinajstić information content (AvgIpc) is 2.61. The highest BCUT2D eigenvalue weighted by Crippen LogP contribution is 2.41. The Morgan fingerprint density at radius 2 is 2.16 bits per heavy atom.